The second kappa shape index (κ2) is 11.7. The Labute approximate surface area is 149 Å². The van der Waals surface area contributed by atoms with Crippen molar-refractivity contribution in [2.75, 3.05) is 0 Å². The van der Waals surface area contributed by atoms with Crippen LogP contribution in [0.15, 0.2) is 36.5 Å². The first-order valence-corrected chi connectivity index (χ1v) is 8.38. The van der Waals surface area contributed by atoms with Crippen LogP contribution in [0.1, 0.15) is 63.1 Å². The van der Waals surface area contributed by atoms with E-state index in [9.17, 15) is 0 Å². The number of aryl methyl sites for hydroxylation is 2. The molecule has 0 atom stereocenters. The first kappa shape index (κ1) is 21.1. The van der Waals surface area contributed by atoms with E-state index in [1.807, 2.05) is 6.08 Å². The zero-order chi connectivity index (χ0) is 15.7. The van der Waals surface area contributed by atoms with Gasteiger partial charge in [-0.15, -0.1) is 6.58 Å². The molecule has 1 heterocycles. The molecule has 22 heavy (non-hydrogen) atoms. The van der Waals surface area contributed by atoms with E-state index < -0.39 is 0 Å². The minimum absolute atomic E-state index is 0. The summed E-state index contributed by atoms with van der Waals surface area (Å²) >= 11 is 0. The van der Waals surface area contributed by atoms with Crippen molar-refractivity contribution in [1.29, 1.82) is 0 Å². The Kier molecular flexibility index (Phi) is 11.2. The van der Waals surface area contributed by atoms with E-state index >= 15 is 0 Å². The summed E-state index contributed by atoms with van der Waals surface area (Å²) in [4.78, 5) is 3.55. The standard InChI is InChI=1S/C12H21N.C8H10.Ru/c1-5-9-10(6-2)12(8-4)13-11(9)7-3;1-2-5-8-6-3-4-7-8;/h13H,5-8H2,1-4H3;2-4,6H,1,5,7H2;. The van der Waals surface area contributed by atoms with Crippen molar-refractivity contribution in [2.24, 2.45) is 0 Å². The number of aromatic amines is 1. The SMILES string of the molecule is C=CCC1=CC=CC1.CCc1[nH]c(CC)c(CC)c1CC.[Ru]. The number of aromatic nitrogens is 1. The smallest absolute Gasteiger partial charge is 0.0181 e. The molecule has 1 aromatic heterocycles. The van der Waals surface area contributed by atoms with Gasteiger partial charge in [0.15, 0.2) is 0 Å². The molecule has 0 aromatic carbocycles. The Morgan fingerprint density at radius 3 is 1.86 bits per heavy atom. The molecule has 1 aromatic rings. The first-order chi connectivity index (χ1) is 10.2. The van der Waals surface area contributed by atoms with Gasteiger partial charge in [0.25, 0.3) is 0 Å². The van der Waals surface area contributed by atoms with Crippen LogP contribution >= 0.6 is 0 Å². The molecular weight excluding hydrogens is 355 g/mol. The summed E-state index contributed by atoms with van der Waals surface area (Å²) in [5, 5.41) is 0. The van der Waals surface area contributed by atoms with Crippen molar-refractivity contribution in [3.63, 3.8) is 0 Å². The Morgan fingerprint density at radius 2 is 1.55 bits per heavy atom. The summed E-state index contributed by atoms with van der Waals surface area (Å²) in [5.74, 6) is 0. The molecule has 1 aliphatic rings. The molecule has 0 unspecified atom stereocenters. The second-order valence-electron chi connectivity index (χ2n) is 5.40. The van der Waals surface area contributed by atoms with Gasteiger partial charge < -0.3 is 4.98 Å². The molecule has 124 valence electrons. The molecule has 0 bridgehead atoms. The molecule has 0 spiro atoms. The van der Waals surface area contributed by atoms with E-state index in [0.717, 1.165) is 25.7 Å². The van der Waals surface area contributed by atoms with E-state index in [-0.39, 0.29) is 19.5 Å². The monoisotopic (exact) mass is 387 g/mol. The molecule has 2 rings (SSSR count). The van der Waals surface area contributed by atoms with Gasteiger partial charge in [-0.2, -0.15) is 0 Å². The van der Waals surface area contributed by atoms with Gasteiger partial charge in [0, 0.05) is 30.9 Å². The maximum Gasteiger partial charge on any atom is 0.0181 e. The van der Waals surface area contributed by atoms with Crippen LogP contribution in [0.5, 0.6) is 0 Å². The van der Waals surface area contributed by atoms with Crippen LogP contribution < -0.4 is 0 Å². The van der Waals surface area contributed by atoms with Gasteiger partial charge >= 0.3 is 0 Å². The third-order valence-corrected chi connectivity index (χ3v) is 4.06. The fourth-order valence-electron chi connectivity index (χ4n) is 2.98. The van der Waals surface area contributed by atoms with Crippen LogP contribution in [0.3, 0.4) is 0 Å². The summed E-state index contributed by atoms with van der Waals surface area (Å²) < 4.78 is 0. The van der Waals surface area contributed by atoms with Crippen LogP contribution in [-0.2, 0) is 45.2 Å². The van der Waals surface area contributed by atoms with E-state index in [0.29, 0.717) is 0 Å². The Bertz CT molecular complexity index is 480. The van der Waals surface area contributed by atoms with Crippen LogP contribution in [0.25, 0.3) is 0 Å². The Balaban J connectivity index is 0.000000423. The molecule has 1 N–H and O–H groups in total. The number of allylic oxidation sites excluding steroid dienone is 5. The molecule has 0 fully saturated rings. The van der Waals surface area contributed by atoms with Gasteiger partial charge in [0.05, 0.1) is 0 Å². The predicted molar refractivity (Wildman–Crippen MR) is 95.0 cm³/mol. The molecule has 0 aliphatic heterocycles. The van der Waals surface area contributed by atoms with Gasteiger partial charge in [-0.05, 0) is 49.7 Å². The molecule has 0 saturated heterocycles. The van der Waals surface area contributed by atoms with Gasteiger partial charge in [0.1, 0.15) is 0 Å². The second-order valence-corrected chi connectivity index (χ2v) is 5.40. The van der Waals surface area contributed by atoms with Crippen molar-refractivity contribution in [3.8, 4) is 0 Å². The molecule has 0 amide bonds. The fourth-order valence-corrected chi connectivity index (χ4v) is 2.98. The average molecular weight is 387 g/mol. The normalized spacial score (nSPS) is 12.3. The maximum absolute atomic E-state index is 3.66. The summed E-state index contributed by atoms with van der Waals surface area (Å²) in [7, 11) is 0. The van der Waals surface area contributed by atoms with Crippen molar-refractivity contribution in [3.05, 3.63) is 59.0 Å². The third-order valence-electron chi connectivity index (χ3n) is 4.06. The number of hydrogen-bond acceptors (Lipinski definition) is 0. The molecule has 0 radical (unpaired) electrons. The van der Waals surface area contributed by atoms with Crippen molar-refractivity contribution < 1.29 is 19.5 Å². The maximum atomic E-state index is 3.66. The first-order valence-electron chi connectivity index (χ1n) is 8.38. The Hall–Kier alpha value is -0.877. The largest absolute Gasteiger partial charge is 0.362 e. The average Bonchev–Trinajstić information content (AvgIpc) is 3.14. The fraction of sp³-hybridized carbons (Fsp3) is 0.500. The van der Waals surface area contributed by atoms with Crippen LogP contribution in [0.2, 0.25) is 0 Å². The van der Waals surface area contributed by atoms with Gasteiger partial charge in [-0.3, -0.25) is 0 Å². The van der Waals surface area contributed by atoms with E-state index in [2.05, 4.69) is 57.5 Å². The molecule has 0 saturated carbocycles. The minimum Gasteiger partial charge on any atom is -0.362 e. The van der Waals surface area contributed by atoms with Crippen LogP contribution in [0, 0.1) is 0 Å². The molecule has 1 aliphatic carbocycles. The van der Waals surface area contributed by atoms with Gasteiger partial charge in [0.2, 0.25) is 0 Å². The van der Waals surface area contributed by atoms with E-state index in [1.54, 1.807) is 11.1 Å². The van der Waals surface area contributed by atoms with Crippen LogP contribution in [0.4, 0.5) is 0 Å². The van der Waals surface area contributed by atoms with Crippen molar-refractivity contribution in [1.82, 2.24) is 4.98 Å². The number of nitrogens with one attached hydrogen (secondary N) is 1. The number of rotatable bonds is 6. The number of H-pyrrole nitrogens is 1. The molecule has 2 heteroatoms. The zero-order valence-electron chi connectivity index (χ0n) is 14.6. The third kappa shape index (κ3) is 5.72. The van der Waals surface area contributed by atoms with E-state index in [4.69, 9.17) is 0 Å². The van der Waals surface area contributed by atoms with Crippen molar-refractivity contribution >= 4 is 0 Å². The van der Waals surface area contributed by atoms with Crippen molar-refractivity contribution in [2.45, 2.75) is 66.2 Å². The quantitative estimate of drug-likeness (QED) is 0.476. The minimum atomic E-state index is 0. The van der Waals surface area contributed by atoms with Gasteiger partial charge in [-0.1, -0.05) is 57.6 Å². The Morgan fingerprint density at radius 1 is 1.00 bits per heavy atom. The predicted octanol–water partition coefficient (Wildman–Crippen LogP) is 5.71. The van der Waals surface area contributed by atoms with Gasteiger partial charge in [-0.25, -0.2) is 0 Å². The van der Waals surface area contributed by atoms with E-state index in [1.165, 1.54) is 29.8 Å². The summed E-state index contributed by atoms with van der Waals surface area (Å²) in [6, 6.07) is 0. The topological polar surface area (TPSA) is 15.8 Å². The zero-order valence-corrected chi connectivity index (χ0v) is 16.4. The number of hydrogen-bond donors (Lipinski definition) is 1. The molecular formula is C20H31NRu. The summed E-state index contributed by atoms with van der Waals surface area (Å²) in [6.07, 6.45) is 15.1. The molecule has 1 nitrogen and oxygen atoms in total. The van der Waals surface area contributed by atoms with Crippen LogP contribution in [-0.4, -0.2) is 4.98 Å². The summed E-state index contributed by atoms with van der Waals surface area (Å²) in [5.41, 5.74) is 7.52. The summed E-state index contributed by atoms with van der Waals surface area (Å²) in [6.45, 7) is 12.6.